The Morgan fingerprint density at radius 2 is 1.85 bits per heavy atom. The number of nitrogens with one attached hydrogen (secondary N) is 1. The molecule has 2 saturated heterocycles. The van der Waals surface area contributed by atoms with Gasteiger partial charge in [-0.05, 0) is 44.1 Å². The predicted molar refractivity (Wildman–Crippen MR) is 173 cm³/mol. The van der Waals surface area contributed by atoms with Gasteiger partial charge in [-0.15, -0.1) is 0 Å². The van der Waals surface area contributed by atoms with E-state index < -0.39 is 36.9 Å². The summed E-state index contributed by atoms with van der Waals surface area (Å²) in [7, 11) is 0. The van der Waals surface area contributed by atoms with E-state index in [0.29, 0.717) is 44.2 Å². The molecular formula is C34H53FN6O5. The number of aliphatic imine (C=N–C) groups is 1. The van der Waals surface area contributed by atoms with Crippen LogP contribution in [0.3, 0.4) is 0 Å². The van der Waals surface area contributed by atoms with Crippen LogP contribution in [0.2, 0.25) is 0 Å². The first-order valence-electron chi connectivity index (χ1n) is 17.4. The Morgan fingerprint density at radius 3 is 2.52 bits per heavy atom. The highest BCUT2D eigenvalue weighted by Crippen LogP contribution is 2.44. The molecule has 3 fully saturated rings. The zero-order valence-corrected chi connectivity index (χ0v) is 26.9. The maximum atomic E-state index is 15.5. The molecule has 11 unspecified atom stereocenters. The predicted octanol–water partition coefficient (Wildman–Crippen LogP) is 0.504. The summed E-state index contributed by atoms with van der Waals surface area (Å²) in [4.78, 5) is 22.4. The van der Waals surface area contributed by atoms with Crippen LogP contribution in [0.5, 0.6) is 0 Å². The molecule has 0 aromatic carbocycles. The molecule has 46 heavy (non-hydrogen) atoms. The Labute approximate surface area is 271 Å². The van der Waals surface area contributed by atoms with Gasteiger partial charge in [-0.3, -0.25) is 19.6 Å². The fraction of sp³-hybridized carbons (Fsp3) is 0.765. The number of aliphatic hydroxyl groups is 4. The maximum Gasteiger partial charge on any atom is 0.225 e. The number of rotatable bonds is 9. The Bertz CT molecular complexity index is 1210. The lowest BCUT2D eigenvalue weighted by molar-refractivity contribution is -0.154. The number of amides is 1. The first-order chi connectivity index (χ1) is 22.2. The van der Waals surface area contributed by atoms with Crippen molar-refractivity contribution in [2.45, 2.75) is 101 Å². The third-order valence-electron chi connectivity index (χ3n) is 11.7. The highest BCUT2D eigenvalue weighted by Gasteiger charge is 2.55. The minimum absolute atomic E-state index is 0.104. The zero-order valence-electron chi connectivity index (χ0n) is 26.9. The van der Waals surface area contributed by atoms with Crippen molar-refractivity contribution in [2.24, 2.45) is 34.4 Å². The van der Waals surface area contributed by atoms with Gasteiger partial charge in [0, 0.05) is 81.7 Å². The summed E-state index contributed by atoms with van der Waals surface area (Å²) in [5.41, 5.74) is 7.17. The molecule has 11 nitrogen and oxygen atoms in total. The van der Waals surface area contributed by atoms with Crippen molar-refractivity contribution in [3.05, 3.63) is 35.5 Å². The molecule has 3 aliphatic carbocycles. The lowest BCUT2D eigenvalue weighted by Gasteiger charge is -2.44. The number of halogens is 1. The Balaban J connectivity index is 1.01. The summed E-state index contributed by atoms with van der Waals surface area (Å²) in [6.07, 6.45) is 9.67. The number of nitrogens with two attached hydrogens (primary N) is 1. The molecule has 0 spiro atoms. The lowest BCUT2D eigenvalue weighted by atomic mass is 9.78. The monoisotopic (exact) mass is 644 g/mol. The van der Waals surface area contributed by atoms with Crippen LogP contribution in [0.25, 0.3) is 0 Å². The number of piperazine rings is 1. The minimum Gasteiger partial charge on any atom is -0.393 e. The largest absolute Gasteiger partial charge is 0.393 e. The smallest absolute Gasteiger partial charge is 0.225 e. The Hall–Kier alpha value is -2.03. The second kappa shape index (κ2) is 14.6. The van der Waals surface area contributed by atoms with Crippen molar-refractivity contribution in [2.75, 3.05) is 39.3 Å². The Morgan fingerprint density at radius 1 is 1.07 bits per heavy atom. The van der Waals surface area contributed by atoms with Crippen molar-refractivity contribution in [3.8, 4) is 0 Å². The number of hydrogen-bond acceptors (Lipinski definition) is 10. The number of carbonyl (C=O) groups is 1. The SMILES string of the molecule is CCC1C(O)C(N2C(O)C3CC=CC(NCC4=CC=C(CN5CCN(C6CCC(C(N)=O)C=N6)CC5)CC4F)C3C2O)CC[C@H]1O. The lowest BCUT2D eigenvalue weighted by Crippen LogP contribution is -2.57. The van der Waals surface area contributed by atoms with E-state index in [9.17, 15) is 25.2 Å². The van der Waals surface area contributed by atoms with E-state index in [-0.39, 0.29) is 41.8 Å². The summed E-state index contributed by atoms with van der Waals surface area (Å²) in [6, 6.07) is -0.671. The molecule has 7 N–H and O–H groups in total. The van der Waals surface area contributed by atoms with E-state index in [1.165, 1.54) is 0 Å². The molecule has 12 heteroatoms. The molecule has 0 radical (unpaired) electrons. The summed E-state index contributed by atoms with van der Waals surface area (Å²) >= 11 is 0. The van der Waals surface area contributed by atoms with E-state index >= 15 is 4.39 Å². The van der Waals surface area contributed by atoms with Crippen molar-refractivity contribution >= 4 is 12.1 Å². The van der Waals surface area contributed by atoms with Crippen LogP contribution in [0.4, 0.5) is 4.39 Å². The fourth-order valence-corrected chi connectivity index (χ4v) is 8.87. The van der Waals surface area contributed by atoms with E-state index in [4.69, 9.17) is 5.73 Å². The number of allylic oxidation sites excluding steroid dienone is 3. The first-order valence-corrected chi connectivity index (χ1v) is 17.4. The van der Waals surface area contributed by atoms with Crippen molar-refractivity contribution in [1.82, 2.24) is 20.0 Å². The van der Waals surface area contributed by atoms with Crippen LogP contribution in [0.15, 0.2) is 40.4 Å². The van der Waals surface area contributed by atoms with E-state index in [1.807, 2.05) is 31.2 Å². The van der Waals surface area contributed by atoms with Crippen LogP contribution in [-0.2, 0) is 4.79 Å². The summed E-state index contributed by atoms with van der Waals surface area (Å²) in [5.74, 6) is -1.36. The van der Waals surface area contributed by atoms with Crippen LogP contribution in [0, 0.1) is 23.7 Å². The van der Waals surface area contributed by atoms with Gasteiger partial charge in [0.05, 0.1) is 18.1 Å². The topological polar surface area (TPSA) is 158 Å². The average Bonchev–Trinajstić information content (AvgIpc) is 3.31. The van der Waals surface area contributed by atoms with Crippen LogP contribution >= 0.6 is 0 Å². The van der Waals surface area contributed by atoms with E-state index in [2.05, 4.69) is 20.1 Å². The number of aliphatic hydroxyl groups excluding tert-OH is 4. The maximum absolute atomic E-state index is 15.5. The average molecular weight is 645 g/mol. The van der Waals surface area contributed by atoms with Gasteiger partial charge < -0.3 is 31.5 Å². The number of alkyl halides is 1. The van der Waals surface area contributed by atoms with Gasteiger partial charge in [-0.25, -0.2) is 9.29 Å². The third-order valence-corrected chi connectivity index (χ3v) is 11.7. The van der Waals surface area contributed by atoms with Gasteiger partial charge >= 0.3 is 0 Å². The molecule has 6 aliphatic rings. The molecule has 3 heterocycles. The van der Waals surface area contributed by atoms with Crippen molar-refractivity contribution < 1.29 is 29.6 Å². The van der Waals surface area contributed by atoms with Gasteiger partial charge in [-0.1, -0.05) is 36.8 Å². The number of likely N-dealkylation sites (tertiary alicyclic amines) is 1. The number of carbonyl (C=O) groups excluding carboxylic acids is 1. The van der Waals surface area contributed by atoms with E-state index in [0.717, 1.165) is 51.1 Å². The highest BCUT2D eigenvalue weighted by molar-refractivity contribution is 5.92. The summed E-state index contributed by atoms with van der Waals surface area (Å²) < 4.78 is 15.5. The van der Waals surface area contributed by atoms with Crippen molar-refractivity contribution in [1.29, 1.82) is 0 Å². The molecular weight excluding hydrogens is 591 g/mol. The van der Waals surface area contributed by atoms with Gasteiger partial charge in [0.15, 0.2) is 0 Å². The van der Waals surface area contributed by atoms with Gasteiger partial charge in [0.1, 0.15) is 24.8 Å². The van der Waals surface area contributed by atoms with Crippen LogP contribution < -0.4 is 11.1 Å². The standard InChI is InChI=1S/C34H53FN6O5/c1-2-23-28(42)10-9-27(31(23)43)41-33(45)24-4-3-5-26(30(24)34(41)46)37-17-21-7-6-20(16-25(21)35)19-39-12-14-40(15-13-39)29-11-8-22(18-38-29)32(36)44/h3,5-7,18,22-31,33-34,37,42-43,45-46H,2,4,8-17,19H2,1H3,(H2,36,44)/t22?,23?,24?,25?,26?,27?,28-,29?,30?,31?,33?,34?/m1/s1. The number of hydrogen-bond donors (Lipinski definition) is 6. The van der Waals surface area contributed by atoms with Gasteiger partial charge in [0.2, 0.25) is 5.91 Å². The van der Waals surface area contributed by atoms with Crippen LogP contribution in [-0.4, -0.2) is 136 Å². The zero-order chi connectivity index (χ0) is 32.5. The molecule has 0 aromatic rings. The van der Waals surface area contributed by atoms with Crippen molar-refractivity contribution in [3.63, 3.8) is 0 Å². The van der Waals surface area contributed by atoms with Crippen LogP contribution in [0.1, 0.15) is 51.9 Å². The van der Waals surface area contributed by atoms with E-state index in [1.54, 1.807) is 11.1 Å². The molecule has 0 aromatic heterocycles. The third kappa shape index (κ3) is 6.91. The minimum atomic E-state index is -1.09. The molecule has 3 aliphatic heterocycles. The summed E-state index contributed by atoms with van der Waals surface area (Å²) in [5, 5.41) is 47.8. The van der Waals surface area contributed by atoms with Gasteiger partial charge in [-0.2, -0.15) is 0 Å². The number of nitrogens with zero attached hydrogens (tertiary/aromatic N) is 4. The molecule has 6 rings (SSSR count). The highest BCUT2D eigenvalue weighted by atomic mass is 19.1. The normalized spacial score (nSPS) is 42.5. The fourth-order valence-electron chi connectivity index (χ4n) is 8.87. The molecule has 1 amide bonds. The second-order valence-corrected chi connectivity index (χ2v) is 14.3. The molecule has 256 valence electrons. The molecule has 12 atom stereocenters. The Kier molecular flexibility index (Phi) is 10.8. The number of fused-ring (bicyclic) bond motifs is 1. The molecule has 0 bridgehead atoms. The quantitative estimate of drug-likeness (QED) is 0.197. The first kappa shape index (κ1) is 33.9. The molecule has 1 saturated carbocycles. The number of primary amides is 1. The van der Waals surface area contributed by atoms with Gasteiger partial charge in [0.25, 0.3) is 0 Å². The second-order valence-electron chi connectivity index (χ2n) is 14.3. The summed E-state index contributed by atoms with van der Waals surface area (Å²) in [6.45, 7) is 6.57.